The summed E-state index contributed by atoms with van der Waals surface area (Å²) in [4.78, 5) is 24.3. The molecule has 1 aromatic carbocycles. The molecule has 0 bridgehead atoms. The van der Waals surface area contributed by atoms with Gasteiger partial charge in [0.1, 0.15) is 0 Å². The fourth-order valence-electron chi connectivity index (χ4n) is 1.45. The van der Waals surface area contributed by atoms with E-state index in [9.17, 15) is 9.59 Å². The number of halogens is 5. The number of carbonyl (C=O) groups excluding carboxylic acids is 2. The standard InChI is InChI=1S/C12H10Br3Cl2NO2/c1-11(2,10(20)12(13,14)15)18-9(19)6-3-7(16)5-8(17)4-6/h3-5H,1-2H3,(H,18,19). The van der Waals surface area contributed by atoms with E-state index >= 15 is 0 Å². The molecule has 0 spiro atoms. The zero-order valence-electron chi connectivity index (χ0n) is 10.4. The number of amides is 1. The van der Waals surface area contributed by atoms with E-state index in [1.807, 2.05) is 0 Å². The van der Waals surface area contributed by atoms with Crippen molar-refractivity contribution >= 4 is 82.7 Å². The van der Waals surface area contributed by atoms with E-state index in [4.69, 9.17) is 23.2 Å². The van der Waals surface area contributed by atoms with Crippen molar-refractivity contribution in [2.24, 2.45) is 0 Å². The molecular weight excluding hydrogens is 501 g/mol. The van der Waals surface area contributed by atoms with Crippen LogP contribution in [0.5, 0.6) is 0 Å². The molecule has 3 nitrogen and oxygen atoms in total. The van der Waals surface area contributed by atoms with E-state index in [-0.39, 0.29) is 11.3 Å². The summed E-state index contributed by atoms with van der Waals surface area (Å²) in [5.41, 5.74) is -0.824. The fourth-order valence-corrected chi connectivity index (χ4v) is 3.46. The lowest BCUT2D eigenvalue weighted by Gasteiger charge is -2.28. The Labute approximate surface area is 152 Å². The molecule has 0 radical (unpaired) electrons. The fraction of sp³-hybridized carbons (Fsp3) is 0.333. The van der Waals surface area contributed by atoms with Crippen LogP contribution in [0.25, 0.3) is 0 Å². The number of rotatable bonds is 3. The summed E-state index contributed by atoms with van der Waals surface area (Å²) in [7, 11) is 0. The Morgan fingerprint density at radius 1 is 1.05 bits per heavy atom. The predicted octanol–water partition coefficient (Wildman–Crippen LogP) is 4.91. The maximum atomic E-state index is 12.2. The molecule has 8 heteroatoms. The number of nitrogens with one attached hydrogen (secondary N) is 1. The van der Waals surface area contributed by atoms with E-state index in [0.717, 1.165) is 0 Å². The largest absolute Gasteiger partial charge is 0.340 e. The molecule has 1 N–H and O–H groups in total. The Morgan fingerprint density at radius 3 is 1.90 bits per heavy atom. The number of ketones is 1. The number of hydrogen-bond acceptors (Lipinski definition) is 2. The molecule has 0 aliphatic rings. The monoisotopic (exact) mass is 507 g/mol. The molecule has 1 amide bonds. The number of benzene rings is 1. The first-order chi connectivity index (χ1) is 8.93. The van der Waals surface area contributed by atoms with Gasteiger partial charge in [-0.3, -0.25) is 9.59 Å². The lowest BCUT2D eigenvalue weighted by Crippen LogP contribution is -2.53. The van der Waals surface area contributed by atoms with E-state index in [1.54, 1.807) is 13.8 Å². The van der Waals surface area contributed by atoms with Crippen molar-refractivity contribution in [2.45, 2.75) is 21.5 Å². The topological polar surface area (TPSA) is 46.2 Å². The van der Waals surface area contributed by atoms with Crippen molar-refractivity contribution in [1.29, 1.82) is 0 Å². The smallest absolute Gasteiger partial charge is 0.252 e. The normalized spacial score (nSPS) is 12.2. The zero-order chi connectivity index (χ0) is 15.7. The molecule has 0 saturated carbocycles. The predicted molar refractivity (Wildman–Crippen MR) is 92.5 cm³/mol. The van der Waals surface area contributed by atoms with Gasteiger partial charge in [-0.2, -0.15) is 0 Å². The maximum absolute atomic E-state index is 12.2. The van der Waals surface area contributed by atoms with Gasteiger partial charge >= 0.3 is 0 Å². The molecule has 0 aliphatic heterocycles. The van der Waals surface area contributed by atoms with Gasteiger partial charge in [0, 0.05) is 15.6 Å². The Hall–Kier alpha value is 0.380. The third-order valence-corrected chi connectivity index (χ3v) is 3.89. The van der Waals surface area contributed by atoms with Gasteiger partial charge in [0.2, 0.25) is 0 Å². The summed E-state index contributed by atoms with van der Waals surface area (Å²) in [6.07, 6.45) is 0. The third kappa shape index (κ3) is 4.98. The number of Topliss-reactive ketones (excluding diaryl/α,β-unsaturated/α-hetero) is 1. The van der Waals surface area contributed by atoms with Gasteiger partial charge in [-0.1, -0.05) is 71.0 Å². The average molecular weight is 511 g/mol. The quantitative estimate of drug-likeness (QED) is 0.588. The van der Waals surface area contributed by atoms with E-state index in [0.29, 0.717) is 10.0 Å². The maximum Gasteiger partial charge on any atom is 0.252 e. The van der Waals surface area contributed by atoms with Gasteiger partial charge in [-0.05, 0) is 32.0 Å². The van der Waals surface area contributed by atoms with Gasteiger partial charge in [0.15, 0.2) is 7.93 Å². The highest BCUT2D eigenvalue weighted by Crippen LogP contribution is 2.37. The van der Waals surface area contributed by atoms with Crippen LogP contribution in [0.15, 0.2) is 18.2 Å². The van der Waals surface area contributed by atoms with Gasteiger partial charge < -0.3 is 5.32 Å². The summed E-state index contributed by atoms with van der Waals surface area (Å²) in [5, 5.41) is 3.34. The van der Waals surface area contributed by atoms with Crippen LogP contribution < -0.4 is 5.32 Å². The van der Waals surface area contributed by atoms with Gasteiger partial charge in [-0.15, -0.1) is 0 Å². The highest BCUT2D eigenvalue weighted by Gasteiger charge is 2.41. The van der Waals surface area contributed by atoms with Gasteiger partial charge in [-0.25, -0.2) is 0 Å². The van der Waals surface area contributed by atoms with Crippen molar-refractivity contribution in [3.05, 3.63) is 33.8 Å². The van der Waals surface area contributed by atoms with E-state index in [2.05, 4.69) is 53.1 Å². The Morgan fingerprint density at radius 2 is 1.50 bits per heavy atom. The molecule has 0 fully saturated rings. The molecule has 0 heterocycles. The van der Waals surface area contributed by atoms with Crippen molar-refractivity contribution < 1.29 is 9.59 Å². The minimum absolute atomic E-state index is 0.285. The molecule has 1 aromatic rings. The van der Waals surface area contributed by atoms with Crippen LogP contribution >= 0.6 is 71.0 Å². The first kappa shape index (κ1) is 18.4. The van der Waals surface area contributed by atoms with E-state index in [1.165, 1.54) is 18.2 Å². The first-order valence-electron chi connectivity index (χ1n) is 5.34. The summed E-state index contributed by atoms with van der Waals surface area (Å²) in [6.45, 7) is 3.19. The second-order valence-corrected chi connectivity index (χ2v) is 12.2. The zero-order valence-corrected chi connectivity index (χ0v) is 16.7. The van der Waals surface area contributed by atoms with Crippen LogP contribution in [0.3, 0.4) is 0 Å². The Balaban J connectivity index is 2.97. The van der Waals surface area contributed by atoms with Gasteiger partial charge in [0.25, 0.3) is 5.91 Å². The Kier molecular flexibility index (Phi) is 6.13. The van der Waals surface area contributed by atoms with Gasteiger partial charge in [0.05, 0.1) is 5.54 Å². The molecule has 0 aromatic heterocycles. The summed E-state index contributed by atoms with van der Waals surface area (Å²) >= 11 is 21.1. The molecular formula is C12H10Br3Cl2NO2. The highest BCUT2D eigenvalue weighted by molar-refractivity contribution is 9.40. The van der Waals surface area contributed by atoms with Crippen LogP contribution in [0.4, 0.5) is 0 Å². The van der Waals surface area contributed by atoms with Crippen molar-refractivity contribution in [1.82, 2.24) is 5.32 Å². The lowest BCUT2D eigenvalue weighted by molar-refractivity contribution is -0.122. The van der Waals surface area contributed by atoms with Crippen molar-refractivity contribution in [2.75, 3.05) is 0 Å². The number of hydrogen-bond donors (Lipinski definition) is 1. The summed E-state index contributed by atoms with van der Waals surface area (Å²) in [6, 6.07) is 4.48. The summed E-state index contributed by atoms with van der Waals surface area (Å²) < 4.78 is -1.10. The minimum atomic E-state index is -1.11. The van der Waals surface area contributed by atoms with Crippen LogP contribution in [0, 0.1) is 0 Å². The molecule has 0 atom stereocenters. The first-order valence-corrected chi connectivity index (χ1v) is 8.47. The average Bonchev–Trinajstić information content (AvgIpc) is 2.24. The van der Waals surface area contributed by atoms with Crippen LogP contribution in [-0.2, 0) is 4.79 Å². The van der Waals surface area contributed by atoms with Crippen LogP contribution in [0.2, 0.25) is 10.0 Å². The van der Waals surface area contributed by atoms with E-state index < -0.39 is 13.6 Å². The molecule has 1 rings (SSSR count). The molecule has 110 valence electrons. The SMILES string of the molecule is CC(C)(NC(=O)c1cc(Cl)cc(Cl)c1)C(=O)C(Br)(Br)Br. The minimum Gasteiger partial charge on any atom is -0.340 e. The van der Waals surface area contributed by atoms with Crippen LogP contribution in [-0.4, -0.2) is 19.4 Å². The second-order valence-electron chi connectivity index (χ2n) is 4.56. The second kappa shape index (κ2) is 6.65. The van der Waals surface area contributed by atoms with Crippen LogP contribution in [0.1, 0.15) is 24.2 Å². The lowest BCUT2D eigenvalue weighted by atomic mass is 9.99. The molecule has 20 heavy (non-hydrogen) atoms. The highest BCUT2D eigenvalue weighted by atomic mass is 80.0. The molecule has 0 unspecified atom stereocenters. The molecule has 0 saturated heterocycles. The Bertz CT molecular complexity index is 536. The van der Waals surface area contributed by atoms with Crippen molar-refractivity contribution in [3.63, 3.8) is 0 Å². The van der Waals surface area contributed by atoms with Crippen molar-refractivity contribution in [3.8, 4) is 0 Å². The summed E-state index contributed by atoms with van der Waals surface area (Å²) in [5.74, 6) is -0.740. The number of carbonyl (C=O) groups is 2. The number of alkyl halides is 3. The third-order valence-electron chi connectivity index (χ3n) is 2.38. The molecule has 0 aliphatic carbocycles.